The van der Waals surface area contributed by atoms with Crippen molar-refractivity contribution < 1.29 is 9.53 Å². The van der Waals surface area contributed by atoms with E-state index in [1.165, 1.54) is 0 Å². The number of hydrogen-bond donors (Lipinski definition) is 2. The number of anilines is 1. The van der Waals surface area contributed by atoms with Crippen molar-refractivity contribution in [3.8, 4) is 5.75 Å². The first kappa shape index (κ1) is 15.4. The normalized spacial score (nSPS) is 12.9. The van der Waals surface area contributed by atoms with E-state index in [9.17, 15) is 4.79 Å². The van der Waals surface area contributed by atoms with Crippen molar-refractivity contribution in [1.82, 2.24) is 5.32 Å². The van der Waals surface area contributed by atoms with E-state index >= 15 is 0 Å². The van der Waals surface area contributed by atoms with E-state index in [0.29, 0.717) is 13.2 Å². The second kappa shape index (κ2) is 7.18. The summed E-state index contributed by atoms with van der Waals surface area (Å²) in [6.45, 7) is 3.95. The van der Waals surface area contributed by atoms with Gasteiger partial charge in [0.1, 0.15) is 12.4 Å². The Balaban J connectivity index is 1.54. The van der Waals surface area contributed by atoms with E-state index in [1.807, 2.05) is 49.4 Å². The van der Waals surface area contributed by atoms with Crippen LogP contribution in [-0.4, -0.2) is 25.6 Å². The highest BCUT2D eigenvalue weighted by Gasteiger charge is 2.16. The first-order valence-electron chi connectivity index (χ1n) is 8.07. The number of carbonyl (C=O) groups is 1. The minimum Gasteiger partial charge on any atom is -0.492 e. The zero-order chi connectivity index (χ0) is 16.1. The molecule has 0 spiro atoms. The highest BCUT2D eigenvalue weighted by molar-refractivity contribution is 5.97. The molecule has 120 valence electrons. The van der Waals surface area contributed by atoms with Crippen molar-refractivity contribution in [2.24, 2.45) is 0 Å². The van der Waals surface area contributed by atoms with Gasteiger partial charge in [0.15, 0.2) is 0 Å². The van der Waals surface area contributed by atoms with Crippen LogP contribution in [0.25, 0.3) is 0 Å². The molecule has 4 nitrogen and oxygen atoms in total. The predicted molar refractivity (Wildman–Crippen MR) is 92.3 cm³/mol. The molecule has 3 rings (SSSR count). The van der Waals surface area contributed by atoms with Gasteiger partial charge in [0, 0.05) is 17.8 Å². The van der Waals surface area contributed by atoms with Crippen LogP contribution in [0.1, 0.15) is 27.9 Å². The topological polar surface area (TPSA) is 50.4 Å². The maximum Gasteiger partial charge on any atom is 0.251 e. The maximum atomic E-state index is 12.4. The molecule has 0 bridgehead atoms. The van der Waals surface area contributed by atoms with Gasteiger partial charge < -0.3 is 15.4 Å². The Morgan fingerprint density at radius 3 is 3.00 bits per heavy atom. The number of rotatable bonds is 5. The Morgan fingerprint density at radius 1 is 1.26 bits per heavy atom. The molecule has 0 aliphatic carbocycles. The summed E-state index contributed by atoms with van der Waals surface area (Å²) in [6, 6.07) is 13.8. The first-order chi connectivity index (χ1) is 11.2. The number of carbonyl (C=O) groups excluding carboxylic acids is 1. The van der Waals surface area contributed by atoms with Crippen molar-refractivity contribution in [3.63, 3.8) is 0 Å². The van der Waals surface area contributed by atoms with Crippen LogP contribution in [0.5, 0.6) is 5.75 Å². The number of amides is 1. The van der Waals surface area contributed by atoms with Crippen LogP contribution in [0.15, 0.2) is 42.5 Å². The van der Waals surface area contributed by atoms with Crippen molar-refractivity contribution in [1.29, 1.82) is 0 Å². The maximum absolute atomic E-state index is 12.4. The fourth-order valence-electron chi connectivity index (χ4n) is 2.86. The molecule has 2 aromatic carbocycles. The fraction of sp³-hybridized carbons (Fsp3) is 0.316. The molecule has 1 amide bonds. The lowest BCUT2D eigenvalue weighted by molar-refractivity contribution is 0.0946. The molecule has 4 heteroatoms. The molecule has 23 heavy (non-hydrogen) atoms. The lowest BCUT2D eigenvalue weighted by Crippen LogP contribution is -2.29. The number of hydrogen-bond acceptors (Lipinski definition) is 3. The van der Waals surface area contributed by atoms with E-state index < -0.39 is 0 Å². The largest absolute Gasteiger partial charge is 0.492 e. The SMILES string of the molecule is Cc1cccc(OCCNC(=O)c2cccc3c2CCCN3)c1. The molecule has 0 radical (unpaired) electrons. The third kappa shape index (κ3) is 3.83. The van der Waals surface area contributed by atoms with Crippen LogP contribution in [0.3, 0.4) is 0 Å². The molecule has 2 N–H and O–H groups in total. The van der Waals surface area contributed by atoms with Crippen molar-refractivity contribution in [2.75, 3.05) is 25.0 Å². The lowest BCUT2D eigenvalue weighted by atomic mass is 9.97. The van der Waals surface area contributed by atoms with Gasteiger partial charge in [0.25, 0.3) is 5.91 Å². The number of ether oxygens (including phenoxy) is 1. The highest BCUT2D eigenvalue weighted by atomic mass is 16.5. The summed E-state index contributed by atoms with van der Waals surface area (Å²) in [4.78, 5) is 12.4. The Morgan fingerprint density at radius 2 is 2.13 bits per heavy atom. The van der Waals surface area contributed by atoms with E-state index in [2.05, 4.69) is 10.6 Å². The molecular weight excluding hydrogens is 288 g/mol. The van der Waals surface area contributed by atoms with Gasteiger partial charge in [-0.15, -0.1) is 0 Å². The van der Waals surface area contributed by atoms with Crippen molar-refractivity contribution in [3.05, 3.63) is 59.2 Å². The summed E-state index contributed by atoms with van der Waals surface area (Å²) in [5.41, 5.74) is 4.14. The van der Waals surface area contributed by atoms with E-state index in [-0.39, 0.29) is 5.91 Å². The van der Waals surface area contributed by atoms with Crippen molar-refractivity contribution >= 4 is 11.6 Å². The molecule has 0 aromatic heterocycles. The molecule has 1 aliphatic rings. The monoisotopic (exact) mass is 310 g/mol. The Bertz CT molecular complexity index is 698. The molecule has 0 saturated carbocycles. The van der Waals surface area contributed by atoms with Crippen molar-refractivity contribution in [2.45, 2.75) is 19.8 Å². The summed E-state index contributed by atoms with van der Waals surface area (Å²) >= 11 is 0. The van der Waals surface area contributed by atoms with E-state index in [1.54, 1.807) is 0 Å². The van der Waals surface area contributed by atoms with Crippen LogP contribution in [0.4, 0.5) is 5.69 Å². The molecule has 0 fully saturated rings. The molecular formula is C19H22N2O2. The van der Waals surface area contributed by atoms with Gasteiger partial charge in [-0.05, 0) is 55.2 Å². The van der Waals surface area contributed by atoms with Crippen LogP contribution in [0.2, 0.25) is 0 Å². The Labute approximate surface area is 136 Å². The zero-order valence-corrected chi connectivity index (χ0v) is 13.4. The van der Waals surface area contributed by atoms with Gasteiger partial charge in [-0.25, -0.2) is 0 Å². The van der Waals surface area contributed by atoms with Gasteiger partial charge in [0.05, 0.1) is 6.54 Å². The summed E-state index contributed by atoms with van der Waals surface area (Å²) in [6.07, 6.45) is 2.01. The Kier molecular flexibility index (Phi) is 4.81. The molecule has 2 aromatic rings. The number of nitrogens with one attached hydrogen (secondary N) is 2. The van der Waals surface area contributed by atoms with Gasteiger partial charge in [-0.2, -0.15) is 0 Å². The minimum atomic E-state index is -0.0293. The average Bonchev–Trinajstić information content (AvgIpc) is 2.58. The molecule has 0 unspecified atom stereocenters. The van der Waals surface area contributed by atoms with Gasteiger partial charge in [0.2, 0.25) is 0 Å². The van der Waals surface area contributed by atoms with Gasteiger partial charge in [-0.1, -0.05) is 18.2 Å². The summed E-state index contributed by atoms with van der Waals surface area (Å²) in [5.74, 6) is 0.805. The molecule has 0 atom stereocenters. The number of benzene rings is 2. The van der Waals surface area contributed by atoms with E-state index in [0.717, 1.165) is 47.5 Å². The summed E-state index contributed by atoms with van der Waals surface area (Å²) in [7, 11) is 0. The average molecular weight is 310 g/mol. The standard InChI is InChI=1S/C19H22N2O2/c1-14-5-2-6-15(13-14)23-12-11-21-19(22)17-7-3-9-18-16(17)8-4-10-20-18/h2-3,5-7,9,13,20H,4,8,10-12H2,1H3,(H,21,22). The van der Waals surface area contributed by atoms with Crippen LogP contribution < -0.4 is 15.4 Å². The van der Waals surface area contributed by atoms with Crippen LogP contribution >= 0.6 is 0 Å². The molecule has 1 heterocycles. The van der Waals surface area contributed by atoms with Crippen LogP contribution in [0, 0.1) is 6.92 Å². The van der Waals surface area contributed by atoms with Gasteiger partial charge >= 0.3 is 0 Å². The minimum absolute atomic E-state index is 0.0293. The van der Waals surface area contributed by atoms with E-state index in [4.69, 9.17) is 4.74 Å². The molecule has 1 aliphatic heterocycles. The third-order valence-corrected chi connectivity index (χ3v) is 3.99. The highest BCUT2D eigenvalue weighted by Crippen LogP contribution is 2.25. The second-order valence-electron chi connectivity index (χ2n) is 5.78. The zero-order valence-electron chi connectivity index (χ0n) is 13.4. The van der Waals surface area contributed by atoms with Gasteiger partial charge in [-0.3, -0.25) is 4.79 Å². The summed E-state index contributed by atoms with van der Waals surface area (Å²) < 4.78 is 5.66. The fourth-order valence-corrected chi connectivity index (χ4v) is 2.86. The smallest absolute Gasteiger partial charge is 0.251 e. The Hall–Kier alpha value is -2.49. The third-order valence-electron chi connectivity index (χ3n) is 3.99. The number of aryl methyl sites for hydroxylation is 1. The first-order valence-corrected chi connectivity index (χ1v) is 8.07. The quantitative estimate of drug-likeness (QED) is 0.834. The second-order valence-corrected chi connectivity index (χ2v) is 5.78. The number of fused-ring (bicyclic) bond motifs is 1. The lowest BCUT2D eigenvalue weighted by Gasteiger charge is -2.20. The van der Waals surface area contributed by atoms with Crippen LogP contribution in [-0.2, 0) is 6.42 Å². The predicted octanol–water partition coefficient (Wildman–Crippen LogP) is 3.16. The summed E-state index contributed by atoms with van der Waals surface area (Å²) in [5, 5.41) is 6.29. The molecule has 0 saturated heterocycles.